The van der Waals surface area contributed by atoms with Crippen molar-refractivity contribution in [1.29, 1.82) is 0 Å². The maximum atomic E-state index is 12.2. The van der Waals surface area contributed by atoms with E-state index < -0.39 is 6.09 Å². The topological polar surface area (TPSA) is 119 Å². The largest absolute Gasteiger partial charge is 0.447 e. The number of amides is 1. The van der Waals surface area contributed by atoms with Gasteiger partial charge in [0.25, 0.3) is 0 Å². The standard InChI is InChI=1S/C22H25N7O2/c1-13(2)18-12-31-22(30)29(18)19-7-8-24-21(28-19)27-14(3)20-25-10-16(11-26-20)15-5-4-6-17(23)9-15/h4-11,13-14,18H,12,23H2,1-3H3,(H,24,27,28)/t14?,18-/m1/s1. The second kappa shape index (κ2) is 8.55. The lowest BCUT2D eigenvalue weighted by molar-refractivity contribution is 0.177. The lowest BCUT2D eigenvalue weighted by atomic mass is 10.0. The van der Waals surface area contributed by atoms with Gasteiger partial charge in [0.1, 0.15) is 18.2 Å². The van der Waals surface area contributed by atoms with Crippen molar-refractivity contribution < 1.29 is 9.53 Å². The molecule has 1 aromatic carbocycles. The quantitative estimate of drug-likeness (QED) is 0.581. The first-order valence-electron chi connectivity index (χ1n) is 10.2. The molecule has 9 nitrogen and oxygen atoms in total. The van der Waals surface area contributed by atoms with Crippen LogP contribution in [-0.4, -0.2) is 38.7 Å². The van der Waals surface area contributed by atoms with Gasteiger partial charge in [-0.2, -0.15) is 4.98 Å². The molecule has 0 bridgehead atoms. The van der Waals surface area contributed by atoms with E-state index in [4.69, 9.17) is 10.5 Å². The summed E-state index contributed by atoms with van der Waals surface area (Å²) in [5, 5.41) is 3.20. The second-order valence-corrected chi connectivity index (χ2v) is 7.82. The molecule has 1 fully saturated rings. The highest BCUT2D eigenvalue weighted by atomic mass is 16.6. The summed E-state index contributed by atoms with van der Waals surface area (Å²) in [4.78, 5) is 31.5. The molecule has 31 heavy (non-hydrogen) atoms. The van der Waals surface area contributed by atoms with Crippen molar-refractivity contribution in [2.24, 2.45) is 5.92 Å². The highest BCUT2D eigenvalue weighted by Gasteiger charge is 2.37. The van der Waals surface area contributed by atoms with E-state index in [2.05, 4.69) is 25.3 Å². The van der Waals surface area contributed by atoms with Gasteiger partial charge >= 0.3 is 6.09 Å². The molecule has 0 spiro atoms. The van der Waals surface area contributed by atoms with Crippen molar-refractivity contribution in [1.82, 2.24) is 19.9 Å². The first-order valence-corrected chi connectivity index (χ1v) is 10.2. The maximum absolute atomic E-state index is 12.2. The average Bonchev–Trinajstić information content (AvgIpc) is 3.16. The SMILES string of the molecule is CC(Nc1nccc(N2C(=O)OC[C@@H]2C(C)C)n1)c1ncc(-c2cccc(N)c2)cn1. The Morgan fingerprint density at radius 1 is 1.13 bits per heavy atom. The first-order chi connectivity index (χ1) is 14.9. The Hall–Kier alpha value is -3.75. The summed E-state index contributed by atoms with van der Waals surface area (Å²) >= 11 is 0. The van der Waals surface area contributed by atoms with Crippen LogP contribution in [0, 0.1) is 5.92 Å². The Morgan fingerprint density at radius 2 is 1.90 bits per heavy atom. The van der Waals surface area contributed by atoms with E-state index in [0.717, 1.165) is 11.1 Å². The van der Waals surface area contributed by atoms with Crippen LogP contribution in [0.4, 0.5) is 22.2 Å². The van der Waals surface area contributed by atoms with E-state index in [9.17, 15) is 4.79 Å². The third-order valence-corrected chi connectivity index (χ3v) is 5.19. The van der Waals surface area contributed by atoms with Crippen LogP contribution < -0.4 is 16.0 Å². The number of ether oxygens (including phenoxy) is 1. The summed E-state index contributed by atoms with van der Waals surface area (Å²) < 4.78 is 5.22. The fourth-order valence-electron chi connectivity index (χ4n) is 3.43. The molecule has 0 radical (unpaired) electrons. The summed E-state index contributed by atoms with van der Waals surface area (Å²) in [6, 6.07) is 8.98. The molecule has 1 aliphatic heterocycles. The van der Waals surface area contributed by atoms with Crippen LogP contribution in [0.3, 0.4) is 0 Å². The number of hydrogen-bond donors (Lipinski definition) is 2. The molecule has 2 aromatic heterocycles. The minimum atomic E-state index is -0.392. The molecule has 3 heterocycles. The molecule has 1 saturated heterocycles. The van der Waals surface area contributed by atoms with Crippen LogP contribution in [0.2, 0.25) is 0 Å². The zero-order chi connectivity index (χ0) is 22.0. The Kier molecular flexibility index (Phi) is 5.66. The number of nitrogens with zero attached hydrogens (tertiary/aromatic N) is 5. The molecule has 4 rings (SSSR count). The second-order valence-electron chi connectivity index (χ2n) is 7.82. The fourth-order valence-corrected chi connectivity index (χ4v) is 3.43. The third kappa shape index (κ3) is 4.40. The number of rotatable bonds is 6. The van der Waals surface area contributed by atoms with E-state index in [-0.39, 0.29) is 18.0 Å². The Labute approximate surface area is 180 Å². The molecule has 2 atom stereocenters. The van der Waals surface area contributed by atoms with Crippen LogP contribution in [0.15, 0.2) is 48.9 Å². The molecule has 1 aliphatic rings. The molecule has 1 unspecified atom stereocenters. The van der Waals surface area contributed by atoms with Gasteiger partial charge in [-0.1, -0.05) is 26.0 Å². The maximum Gasteiger partial charge on any atom is 0.415 e. The molecule has 1 amide bonds. The Balaban J connectivity index is 1.49. The number of nitrogen functional groups attached to an aromatic ring is 1. The van der Waals surface area contributed by atoms with Crippen molar-refractivity contribution >= 4 is 23.5 Å². The smallest absolute Gasteiger partial charge is 0.415 e. The summed E-state index contributed by atoms with van der Waals surface area (Å²) in [6.07, 6.45) is 4.75. The van der Waals surface area contributed by atoms with Gasteiger partial charge in [-0.15, -0.1) is 0 Å². The van der Waals surface area contributed by atoms with Gasteiger partial charge in [-0.3, -0.25) is 4.90 Å². The predicted octanol–water partition coefficient (Wildman–Crippen LogP) is 3.67. The molecule has 3 N–H and O–H groups in total. The van der Waals surface area contributed by atoms with Gasteiger partial charge in [0, 0.05) is 29.8 Å². The van der Waals surface area contributed by atoms with Crippen molar-refractivity contribution in [3.8, 4) is 11.1 Å². The van der Waals surface area contributed by atoms with Gasteiger partial charge in [0.2, 0.25) is 5.95 Å². The normalized spacial score (nSPS) is 17.0. The van der Waals surface area contributed by atoms with Crippen molar-refractivity contribution in [2.75, 3.05) is 22.6 Å². The summed E-state index contributed by atoms with van der Waals surface area (Å²) in [5.41, 5.74) is 8.39. The number of benzene rings is 1. The molecule has 9 heteroatoms. The monoisotopic (exact) mass is 419 g/mol. The summed E-state index contributed by atoms with van der Waals surface area (Å²) in [7, 11) is 0. The summed E-state index contributed by atoms with van der Waals surface area (Å²) in [6.45, 7) is 6.37. The van der Waals surface area contributed by atoms with Gasteiger partial charge < -0.3 is 15.8 Å². The lowest BCUT2D eigenvalue weighted by Gasteiger charge is -2.23. The average molecular weight is 419 g/mol. The van der Waals surface area contributed by atoms with Gasteiger partial charge in [-0.05, 0) is 36.6 Å². The van der Waals surface area contributed by atoms with Crippen LogP contribution in [0.25, 0.3) is 11.1 Å². The molecule has 0 saturated carbocycles. The van der Waals surface area contributed by atoms with E-state index in [1.54, 1.807) is 29.6 Å². The van der Waals surface area contributed by atoms with Crippen LogP contribution >= 0.6 is 0 Å². The first kappa shape index (κ1) is 20.5. The van der Waals surface area contributed by atoms with E-state index in [1.807, 2.05) is 45.0 Å². The Bertz CT molecular complexity index is 1070. The molecule has 3 aromatic rings. The van der Waals surface area contributed by atoms with Crippen LogP contribution in [0.1, 0.15) is 32.6 Å². The fraction of sp³-hybridized carbons (Fsp3) is 0.318. The lowest BCUT2D eigenvalue weighted by Crippen LogP contribution is -2.37. The number of nitrogens with one attached hydrogen (secondary N) is 1. The molecule has 0 aliphatic carbocycles. The van der Waals surface area contributed by atoms with Crippen LogP contribution in [0.5, 0.6) is 0 Å². The van der Waals surface area contributed by atoms with E-state index in [0.29, 0.717) is 29.9 Å². The minimum Gasteiger partial charge on any atom is -0.447 e. The van der Waals surface area contributed by atoms with Crippen molar-refractivity contribution in [3.05, 3.63) is 54.7 Å². The van der Waals surface area contributed by atoms with E-state index in [1.165, 1.54) is 0 Å². The number of carbonyl (C=O) groups is 1. The Morgan fingerprint density at radius 3 is 2.61 bits per heavy atom. The van der Waals surface area contributed by atoms with Crippen molar-refractivity contribution in [3.63, 3.8) is 0 Å². The predicted molar refractivity (Wildman–Crippen MR) is 118 cm³/mol. The highest BCUT2D eigenvalue weighted by molar-refractivity contribution is 5.89. The zero-order valence-electron chi connectivity index (χ0n) is 17.7. The van der Waals surface area contributed by atoms with E-state index >= 15 is 0 Å². The number of anilines is 3. The number of aromatic nitrogens is 4. The third-order valence-electron chi connectivity index (χ3n) is 5.19. The van der Waals surface area contributed by atoms with Crippen molar-refractivity contribution in [2.45, 2.75) is 32.9 Å². The molecular formula is C22H25N7O2. The van der Waals surface area contributed by atoms with Gasteiger partial charge in [0.15, 0.2) is 0 Å². The van der Waals surface area contributed by atoms with Gasteiger partial charge in [-0.25, -0.2) is 19.7 Å². The number of carbonyl (C=O) groups excluding carboxylic acids is 1. The highest BCUT2D eigenvalue weighted by Crippen LogP contribution is 2.26. The number of hydrogen-bond acceptors (Lipinski definition) is 8. The minimum absolute atomic E-state index is 0.0597. The molecule has 160 valence electrons. The van der Waals surface area contributed by atoms with Crippen LogP contribution in [-0.2, 0) is 4.74 Å². The zero-order valence-corrected chi connectivity index (χ0v) is 17.7. The number of nitrogens with two attached hydrogens (primary N) is 1. The number of cyclic esters (lactones) is 1. The molecular weight excluding hydrogens is 394 g/mol. The van der Waals surface area contributed by atoms with Gasteiger partial charge in [0.05, 0.1) is 12.1 Å². The summed E-state index contributed by atoms with van der Waals surface area (Å²) in [5.74, 6) is 1.73.